The van der Waals surface area contributed by atoms with Crippen LogP contribution in [0.3, 0.4) is 0 Å². The minimum absolute atomic E-state index is 0.0488. The summed E-state index contributed by atoms with van der Waals surface area (Å²) < 4.78 is 46.5. The van der Waals surface area contributed by atoms with Crippen molar-refractivity contribution in [3.05, 3.63) is 89.7 Å². The van der Waals surface area contributed by atoms with Gasteiger partial charge >= 0.3 is 0 Å². The molecule has 1 N–H and O–H groups in total. The fourth-order valence-electron chi connectivity index (χ4n) is 4.32. The van der Waals surface area contributed by atoms with Crippen LogP contribution in [0, 0.1) is 11.7 Å². The first kappa shape index (κ1) is 24.9. The summed E-state index contributed by atoms with van der Waals surface area (Å²) in [4.78, 5) is 12.6. The Bertz CT molecular complexity index is 1260. The lowest BCUT2D eigenvalue weighted by molar-refractivity contribution is 0.101. The number of piperidine rings is 1. The molecule has 0 radical (unpaired) electrons. The molecule has 0 aliphatic carbocycles. The second kappa shape index (κ2) is 11.0. The van der Waals surface area contributed by atoms with Crippen LogP contribution in [0.15, 0.2) is 77.7 Å². The average molecular weight is 497 g/mol. The number of rotatable bonds is 9. The summed E-state index contributed by atoms with van der Waals surface area (Å²) in [5, 5.41) is 2.97. The molecule has 1 saturated heterocycles. The normalized spacial score (nSPS) is 15.0. The number of carbonyl (C=O) groups excluding carboxylic acids is 1. The first-order valence-corrected chi connectivity index (χ1v) is 13.1. The third-order valence-electron chi connectivity index (χ3n) is 6.36. The smallest absolute Gasteiger partial charge is 0.243 e. The predicted molar refractivity (Wildman–Crippen MR) is 134 cm³/mol. The molecule has 0 unspecified atom stereocenters. The summed E-state index contributed by atoms with van der Waals surface area (Å²) in [6.07, 6.45) is 2.64. The van der Waals surface area contributed by atoms with Crippen LogP contribution < -0.4 is 10.1 Å². The van der Waals surface area contributed by atoms with E-state index in [2.05, 4.69) is 17.4 Å². The molecule has 0 bridgehead atoms. The number of benzene rings is 3. The van der Waals surface area contributed by atoms with Crippen molar-refractivity contribution in [2.45, 2.75) is 24.2 Å². The Balaban J connectivity index is 1.31. The topological polar surface area (TPSA) is 75.7 Å². The van der Waals surface area contributed by atoms with Crippen molar-refractivity contribution in [3.63, 3.8) is 0 Å². The largest absolute Gasteiger partial charge is 0.494 e. The number of hydrogen-bond donors (Lipinski definition) is 1. The van der Waals surface area contributed by atoms with Gasteiger partial charge in [0.2, 0.25) is 10.0 Å². The maximum absolute atomic E-state index is 13.8. The van der Waals surface area contributed by atoms with E-state index >= 15 is 0 Å². The number of sulfonamides is 1. The Hall–Kier alpha value is -3.23. The van der Waals surface area contributed by atoms with E-state index < -0.39 is 15.8 Å². The average Bonchev–Trinajstić information content (AvgIpc) is 2.88. The number of halogens is 1. The first-order valence-electron chi connectivity index (χ1n) is 11.6. The van der Waals surface area contributed by atoms with Crippen LogP contribution in [0.4, 0.5) is 10.1 Å². The van der Waals surface area contributed by atoms with Gasteiger partial charge in [0.1, 0.15) is 0 Å². The van der Waals surface area contributed by atoms with Gasteiger partial charge < -0.3 is 10.1 Å². The van der Waals surface area contributed by atoms with Crippen LogP contribution in [0.2, 0.25) is 0 Å². The van der Waals surface area contributed by atoms with E-state index in [1.165, 1.54) is 24.8 Å². The van der Waals surface area contributed by atoms with Crippen molar-refractivity contribution >= 4 is 21.5 Å². The molecule has 184 valence electrons. The Morgan fingerprint density at radius 3 is 2.34 bits per heavy atom. The van der Waals surface area contributed by atoms with Gasteiger partial charge in [0, 0.05) is 24.3 Å². The van der Waals surface area contributed by atoms with E-state index in [4.69, 9.17) is 4.74 Å². The molecule has 1 aliphatic heterocycles. The van der Waals surface area contributed by atoms with E-state index in [1.807, 2.05) is 18.2 Å². The lowest BCUT2D eigenvalue weighted by Crippen LogP contribution is -2.38. The molecule has 0 saturated carbocycles. The number of ether oxygens (including phenoxy) is 1. The van der Waals surface area contributed by atoms with Crippen molar-refractivity contribution in [1.82, 2.24) is 4.31 Å². The molecular formula is C27H29FN2O4S. The molecule has 1 heterocycles. The highest BCUT2D eigenvalue weighted by Crippen LogP contribution is 2.27. The van der Waals surface area contributed by atoms with E-state index in [-0.39, 0.29) is 28.5 Å². The Morgan fingerprint density at radius 2 is 1.71 bits per heavy atom. The van der Waals surface area contributed by atoms with Gasteiger partial charge in [0.05, 0.1) is 18.6 Å². The third-order valence-corrected chi connectivity index (χ3v) is 8.27. The van der Waals surface area contributed by atoms with Crippen molar-refractivity contribution in [2.24, 2.45) is 5.92 Å². The van der Waals surface area contributed by atoms with E-state index in [9.17, 15) is 17.6 Å². The van der Waals surface area contributed by atoms with Crippen molar-refractivity contribution in [3.8, 4) is 5.75 Å². The lowest BCUT2D eigenvalue weighted by Gasteiger charge is -2.31. The number of anilines is 1. The number of hydrogen-bond acceptors (Lipinski definition) is 5. The zero-order chi connectivity index (χ0) is 24.8. The second-order valence-corrected chi connectivity index (χ2v) is 10.6. The van der Waals surface area contributed by atoms with Crippen LogP contribution in [0.1, 0.15) is 28.8 Å². The second-order valence-electron chi connectivity index (χ2n) is 8.69. The van der Waals surface area contributed by atoms with E-state index in [1.54, 1.807) is 28.6 Å². The molecule has 4 rings (SSSR count). The summed E-state index contributed by atoms with van der Waals surface area (Å²) in [7, 11) is -2.22. The van der Waals surface area contributed by atoms with Crippen LogP contribution in [-0.2, 0) is 16.4 Å². The highest BCUT2D eigenvalue weighted by Gasteiger charge is 2.29. The van der Waals surface area contributed by atoms with Crippen LogP contribution in [0.25, 0.3) is 0 Å². The number of methoxy groups -OCH3 is 1. The maximum atomic E-state index is 13.8. The number of nitrogens with one attached hydrogen (secondary N) is 1. The van der Waals surface area contributed by atoms with Gasteiger partial charge in [0.25, 0.3) is 0 Å². The molecule has 1 aliphatic rings. The van der Waals surface area contributed by atoms with Crippen LogP contribution in [0.5, 0.6) is 5.75 Å². The molecule has 3 aromatic carbocycles. The molecule has 6 nitrogen and oxygen atoms in total. The van der Waals surface area contributed by atoms with Gasteiger partial charge in [0.15, 0.2) is 17.3 Å². The van der Waals surface area contributed by atoms with Crippen molar-refractivity contribution in [2.75, 3.05) is 32.1 Å². The summed E-state index contributed by atoms with van der Waals surface area (Å²) in [6, 6.07) is 20.7. The highest BCUT2D eigenvalue weighted by molar-refractivity contribution is 7.89. The number of Topliss-reactive ketones (excluding diaryl/α,β-unsaturated/α-hetero) is 1. The SMILES string of the molecule is COc1ccc(C(=O)CNc2ccc(S(=O)(=O)N3CCC(Cc4ccccc4)CC3)cc2)cc1F. The summed E-state index contributed by atoms with van der Waals surface area (Å²) >= 11 is 0. The molecular weight excluding hydrogens is 467 g/mol. The summed E-state index contributed by atoms with van der Waals surface area (Å²) in [5.41, 5.74) is 2.12. The van der Waals surface area contributed by atoms with Gasteiger partial charge in [-0.25, -0.2) is 12.8 Å². The van der Waals surface area contributed by atoms with Gasteiger partial charge in [-0.1, -0.05) is 30.3 Å². The standard InChI is InChI=1S/C27H29FN2O4S/c1-34-27-12-7-22(18-25(27)28)26(31)19-29-23-8-10-24(11-9-23)35(32,33)30-15-13-21(14-16-30)17-20-5-3-2-4-6-20/h2-12,18,21,29H,13-17,19H2,1H3. The van der Waals surface area contributed by atoms with Crippen LogP contribution >= 0.6 is 0 Å². The summed E-state index contributed by atoms with van der Waals surface area (Å²) in [5.74, 6) is -0.336. The van der Waals surface area contributed by atoms with Crippen molar-refractivity contribution in [1.29, 1.82) is 0 Å². The van der Waals surface area contributed by atoms with E-state index in [0.29, 0.717) is 24.7 Å². The highest BCUT2D eigenvalue weighted by atomic mass is 32.2. The molecule has 8 heteroatoms. The molecule has 0 atom stereocenters. The molecule has 0 spiro atoms. The number of carbonyl (C=O) groups is 1. The van der Waals surface area contributed by atoms with Gasteiger partial charge in [-0.05, 0) is 73.2 Å². The van der Waals surface area contributed by atoms with Gasteiger partial charge in [-0.2, -0.15) is 4.31 Å². The molecule has 0 amide bonds. The predicted octanol–water partition coefficient (Wildman–Crippen LogP) is 4.77. The number of ketones is 1. The minimum Gasteiger partial charge on any atom is -0.494 e. The monoisotopic (exact) mass is 496 g/mol. The van der Waals surface area contributed by atoms with Gasteiger partial charge in [-0.3, -0.25) is 4.79 Å². The van der Waals surface area contributed by atoms with E-state index in [0.717, 1.165) is 25.3 Å². The van der Waals surface area contributed by atoms with Crippen molar-refractivity contribution < 1.29 is 22.3 Å². The Labute approximate surface area is 205 Å². The molecule has 0 aromatic heterocycles. The molecule has 3 aromatic rings. The molecule has 1 fully saturated rings. The molecule has 35 heavy (non-hydrogen) atoms. The Morgan fingerprint density at radius 1 is 1.03 bits per heavy atom. The fourth-order valence-corrected chi connectivity index (χ4v) is 5.79. The fraction of sp³-hybridized carbons (Fsp3) is 0.296. The summed E-state index contributed by atoms with van der Waals surface area (Å²) in [6.45, 7) is 0.965. The maximum Gasteiger partial charge on any atom is 0.243 e. The Kier molecular flexibility index (Phi) is 7.83. The quantitative estimate of drug-likeness (QED) is 0.432. The third kappa shape index (κ3) is 6.07. The van der Waals surface area contributed by atoms with Crippen LogP contribution in [-0.4, -0.2) is 45.3 Å². The zero-order valence-electron chi connectivity index (χ0n) is 19.6. The van der Waals surface area contributed by atoms with Gasteiger partial charge in [-0.15, -0.1) is 0 Å². The first-order chi connectivity index (χ1) is 16.9. The zero-order valence-corrected chi connectivity index (χ0v) is 20.4. The number of nitrogens with zero attached hydrogens (tertiary/aromatic N) is 1. The minimum atomic E-state index is -3.58. The lowest BCUT2D eigenvalue weighted by atomic mass is 9.91.